The molecule has 1 nitrogen and oxygen atoms in total. The Hall–Kier alpha value is -1.76. The first-order chi connectivity index (χ1) is 9.33. The van der Waals surface area contributed by atoms with Crippen LogP contribution in [0.3, 0.4) is 0 Å². The molecule has 0 saturated heterocycles. The van der Waals surface area contributed by atoms with Crippen molar-refractivity contribution in [3.63, 3.8) is 0 Å². The molecule has 0 fully saturated rings. The Labute approximate surface area is 115 Å². The van der Waals surface area contributed by atoms with E-state index in [4.69, 9.17) is 0 Å². The van der Waals surface area contributed by atoms with Crippen molar-refractivity contribution in [2.24, 2.45) is 0 Å². The van der Waals surface area contributed by atoms with Gasteiger partial charge >= 0.3 is 0 Å². The van der Waals surface area contributed by atoms with Crippen LogP contribution >= 0.6 is 0 Å². The van der Waals surface area contributed by atoms with Gasteiger partial charge in [-0.2, -0.15) is 0 Å². The van der Waals surface area contributed by atoms with Gasteiger partial charge in [-0.1, -0.05) is 36.4 Å². The van der Waals surface area contributed by atoms with Crippen molar-refractivity contribution in [2.75, 3.05) is 5.32 Å². The smallest absolute Gasteiger partial charge is 0.0485 e. The molecule has 0 spiro atoms. The molecule has 0 aliphatic heterocycles. The maximum atomic E-state index is 3.56. The van der Waals surface area contributed by atoms with E-state index in [0.717, 1.165) is 0 Å². The number of fused-ring (bicyclic) bond motifs is 1. The number of anilines is 1. The SMILES string of the molecule is CC(Nc1ccccc1)c1ccc2c(c1)CCCC2. The molecule has 1 N–H and O–H groups in total. The summed E-state index contributed by atoms with van der Waals surface area (Å²) in [7, 11) is 0. The Kier molecular flexibility index (Phi) is 3.54. The van der Waals surface area contributed by atoms with Gasteiger partial charge in [0.2, 0.25) is 0 Å². The highest BCUT2D eigenvalue weighted by Crippen LogP contribution is 2.26. The fourth-order valence-corrected chi connectivity index (χ4v) is 2.89. The van der Waals surface area contributed by atoms with Gasteiger partial charge in [-0.25, -0.2) is 0 Å². The van der Waals surface area contributed by atoms with Gasteiger partial charge < -0.3 is 5.32 Å². The largest absolute Gasteiger partial charge is 0.379 e. The summed E-state index contributed by atoms with van der Waals surface area (Å²) < 4.78 is 0. The van der Waals surface area contributed by atoms with E-state index >= 15 is 0 Å². The van der Waals surface area contributed by atoms with E-state index in [1.165, 1.54) is 36.9 Å². The summed E-state index contributed by atoms with van der Waals surface area (Å²) in [4.78, 5) is 0. The predicted octanol–water partition coefficient (Wildman–Crippen LogP) is 4.74. The molecule has 2 aromatic rings. The van der Waals surface area contributed by atoms with Crippen molar-refractivity contribution in [1.29, 1.82) is 0 Å². The second-order valence-electron chi connectivity index (χ2n) is 5.47. The molecule has 2 aromatic carbocycles. The van der Waals surface area contributed by atoms with Crippen molar-refractivity contribution in [3.05, 3.63) is 65.2 Å². The fraction of sp³-hybridized carbons (Fsp3) is 0.333. The molecule has 98 valence electrons. The molecule has 1 unspecified atom stereocenters. The van der Waals surface area contributed by atoms with Crippen LogP contribution < -0.4 is 5.32 Å². The molecule has 0 aromatic heterocycles. The lowest BCUT2D eigenvalue weighted by Crippen LogP contribution is -2.09. The third-order valence-corrected chi connectivity index (χ3v) is 4.03. The highest BCUT2D eigenvalue weighted by atomic mass is 14.9. The number of aryl methyl sites for hydroxylation is 2. The minimum Gasteiger partial charge on any atom is -0.379 e. The van der Waals surface area contributed by atoms with Gasteiger partial charge in [0.1, 0.15) is 0 Å². The van der Waals surface area contributed by atoms with Crippen LogP contribution in [0.5, 0.6) is 0 Å². The quantitative estimate of drug-likeness (QED) is 0.831. The van der Waals surface area contributed by atoms with Crippen LogP contribution in [0.15, 0.2) is 48.5 Å². The Morgan fingerprint density at radius 1 is 0.895 bits per heavy atom. The summed E-state index contributed by atoms with van der Waals surface area (Å²) in [6.45, 7) is 2.23. The van der Waals surface area contributed by atoms with Crippen molar-refractivity contribution in [2.45, 2.75) is 38.6 Å². The lowest BCUT2D eigenvalue weighted by molar-refractivity contribution is 0.683. The Bertz CT molecular complexity index is 545. The second-order valence-corrected chi connectivity index (χ2v) is 5.47. The van der Waals surface area contributed by atoms with Gasteiger partial charge in [0.25, 0.3) is 0 Å². The van der Waals surface area contributed by atoms with E-state index < -0.39 is 0 Å². The van der Waals surface area contributed by atoms with Gasteiger partial charge in [-0.3, -0.25) is 0 Å². The third kappa shape index (κ3) is 2.81. The van der Waals surface area contributed by atoms with E-state index in [0.29, 0.717) is 6.04 Å². The van der Waals surface area contributed by atoms with E-state index in [2.05, 4.69) is 60.8 Å². The van der Waals surface area contributed by atoms with Gasteiger partial charge in [0.05, 0.1) is 0 Å². The summed E-state index contributed by atoms with van der Waals surface area (Å²) >= 11 is 0. The number of para-hydroxylation sites is 1. The molecule has 3 rings (SSSR count). The van der Waals surface area contributed by atoms with Crippen LogP contribution in [-0.2, 0) is 12.8 Å². The summed E-state index contributed by atoms with van der Waals surface area (Å²) in [5.74, 6) is 0. The molecule has 0 bridgehead atoms. The first-order valence-corrected chi connectivity index (χ1v) is 7.26. The minimum atomic E-state index is 0.356. The number of hydrogen-bond acceptors (Lipinski definition) is 1. The van der Waals surface area contributed by atoms with Gasteiger partial charge in [-0.15, -0.1) is 0 Å². The first-order valence-electron chi connectivity index (χ1n) is 7.26. The van der Waals surface area contributed by atoms with Gasteiger partial charge in [0.15, 0.2) is 0 Å². The van der Waals surface area contributed by atoms with Crippen LogP contribution in [-0.4, -0.2) is 0 Å². The lowest BCUT2D eigenvalue weighted by atomic mass is 9.89. The molecule has 0 saturated carbocycles. The van der Waals surface area contributed by atoms with Crippen molar-refractivity contribution in [1.82, 2.24) is 0 Å². The average molecular weight is 251 g/mol. The van der Waals surface area contributed by atoms with Crippen LogP contribution in [0, 0.1) is 0 Å². The number of benzene rings is 2. The molecule has 0 radical (unpaired) electrons. The molecule has 0 amide bonds. The monoisotopic (exact) mass is 251 g/mol. The topological polar surface area (TPSA) is 12.0 Å². The van der Waals surface area contributed by atoms with E-state index in [-0.39, 0.29) is 0 Å². The fourth-order valence-electron chi connectivity index (χ4n) is 2.89. The summed E-state index contributed by atoms with van der Waals surface area (Å²) in [5, 5.41) is 3.56. The lowest BCUT2D eigenvalue weighted by Gasteiger charge is -2.20. The normalized spacial score (nSPS) is 15.6. The van der Waals surface area contributed by atoms with E-state index in [1.807, 2.05) is 0 Å². The Morgan fingerprint density at radius 2 is 1.63 bits per heavy atom. The van der Waals surface area contributed by atoms with Crippen molar-refractivity contribution < 1.29 is 0 Å². The Morgan fingerprint density at radius 3 is 2.42 bits per heavy atom. The zero-order chi connectivity index (χ0) is 13.1. The summed E-state index contributed by atoms with van der Waals surface area (Å²) in [5.41, 5.74) is 5.70. The minimum absolute atomic E-state index is 0.356. The van der Waals surface area contributed by atoms with Crippen LogP contribution in [0.25, 0.3) is 0 Å². The average Bonchev–Trinajstić information content (AvgIpc) is 2.48. The molecule has 19 heavy (non-hydrogen) atoms. The van der Waals surface area contributed by atoms with Crippen molar-refractivity contribution >= 4 is 5.69 Å². The van der Waals surface area contributed by atoms with Crippen molar-refractivity contribution in [3.8, 4) is 0 Å². The molecule has 1 aliphatic rings. The molecule has 1 atom stereocenters. The van der Waals surface area contributed by atoms with E-state index in [1.54, 1.807) is 11.1 Å². The van der Waals surface area contributed by atoms with Crippen LogP contribution in [0.1, 0.15) is 42.5 Å². The number of hydrogen-bond donors (Lipinski definition) is 1. The zero-order valence-corrected chi connectivity index (χ0v) is 11.5. The van der Waals surface area contributed by atoms with Gasteiger partial charge in [-0.05, 0) is 61.4 Å². The van der Waals surface area contributed by atoms with E-state index in [9.17, 15) is 0 Å². The summed E-state index contributed by atoms with van der Waals surface area (Å²) in [6.07, 6.45) is 5.21. The molecular weight excluding hydrogens is 230 g/mol. The molecule has 1 heteroatoms. The summed E-state index contributed by atoms with van der Waals surface area (Å²) in [6, 6.07) is 17.8. The zero-order valence-electron chi connectivity index (χ0n) is 11.5. The maximum absolute atomic E-state index is 3.56. The molecule has 1 aliphatic carbocycles. The maximum Gasteiger partial charge on any atom is 0.0485 e. The standard InChI is InChI=1S/C18H21N/c1-14(19-18-9-3-2-4-10-18)16-12-11-15-7-5-6-8-17(15)13-16/h2-4,9-14,19H,5-8H2,1H3. The first kappa shape index (κ1) is 12.3. The third-order valence-electron chi connectivity index (χ3n) is 4.03. The number of rotatable bonds is 3. The highest BCUT2D eigenvalue weighted by Gasteiger charge is 2.12. The molecule has 0 heterocycles. The number of nitrogens with one attached hydrogen (secondary N) is 1. The van der Waals surface area contributed by atoms with Crippen LogP contribution in [0.4, 0.5) is 5.69 Å². The molecular formula is C18H21N. The van der Waals surface area contributed by atoms with Crippen LogP contribution in [0.2, 0.25) is 0 Å². The van der Waals surface area contributed by atoms with Gasteiger partial charge in [0, 0.05) is 11.7 Å². The highest BCUT2D eigenvalue weighted by molar-refractivity contribution is 5.46. The second kappa shape index (κ2) is 5.48. The Balaban J connectivity index is 1.78. The predicted molar refractivity (Wildman–Crippen MR) is 81.6 cm³/mol.